The van der Waals surface area contributed by atoms with Crippen LogP contribution in [0.25, 0.3) is 16.9 Å². The lowest BCUT2D eigenvalue weighted by Crippen LogP contribution is -2.13. The number of aryl methyl sites for hydroxylation is 1. The molecule has 1 N–H and O–H groups in total. The molecule has 2 aromatic carbocycles. The maximum absolute atomic E-state index is 14.0. The lowest BCUT2D eigenvalue weighted by atomic mass is 10.1. The molecule has 152 valence electrons. The molecule has 30 heavy (non-hydrogen) atoms. The number of ether oxygens (including phenoxy) is 1. The van der Waals surface area contributed by atoms with Crippen molar-refractivity contribution in [3.05, 3.63) is 76.7 Å². The molecule has 0 aliphatic rings. The third-order valence-corrected chi connectivity index (χ3v) is 5.53. The molecule has 0 unspecified atom stereocenters. The maximum Gasteiger partial charge on any atom is 0.260 e. The van der Waals surface area contributed by atoms with Gasteiger partial charge in [-0.05, 0) is 43.7 Å². The predicted molar refractivity (Wildman–Crippen MR) is 115 cm³/mol. The van der Waals surface area contributed by atoms with Crippen molar-refractivity contribution in [3.63, 3.8) is 0 Å². The average Bonchev–Trinajstić information content (AvgIpc) is 3.35. The van der Waals surface area contributed by atoms with E-state index in [1.54, 1.807) is 28.4 Å². The lowest BCUT2D eigenvalue weighted by molar-refractivity contribution is 0.102. The van der Waals surface area contributed by atoms with Gasteiger partial charge in [-0.25, -0.2) is 14.1 Å². The minimum Gasteiger partial charge on any atom is -0.494 e. The number of hydrogen-bond donors (Lipinski definition) is 1. The van der Waals surface area contributed by atoms with Gasteiger partial charge in [0.25, 0.3) is 5.91 Å². The Hall–Kier alpha value is -3.52. The van der Waals surface area contributed by atoms with Gasteiger partial charge in [0.1, 0.15) is 0 Å². The number of nitrogens with one attached hydrogen (secondary N) is 1. The third kappa shape index (κ3) is 3.69. The molecule has 2 aromatic heterocycles. The maximum atomic E-state index is 14.0. The standard InChI is InChI=1S/C22H19FN4O2S/c1-13-6-4-5-7-19(13)27-14(2)16(11-24-27)21(28)26-22-25-18(12-30-22)15-8-9-20(29-3)17(23)10-15/h4-12H,1-3H3,(H,25,26,28). The zero-order chi connectivity index (χ0) is 21.3. The highest BCUT2D eigenvalue weighted by Crippen LogP contribution is 2.29. The number of halogens is 1. The minimum atomic E-state index is -0.465. The van der Waals surface area contributed by atoms with Crippen LogP contribution < -0.4 is 10.1 Å². The number of amides is 1. The molecule has 0 bridgehead atoms. The summed E-state index contributed by atoms with van der Waals surface area (Å²) < 4.78 is 20.6. The van der Waals surface area contributed by atoms with Gasteiger partial charge in [0.05, 0.1) is 35.9 Å². The zero-order valence-electron chi connectivity index (χ0n) is 16.6. The topological polar surface area (TPSA) is 69.0 Å². The molecule has 0 fully saturated rings. The number of benzene rings is 2. The van der Waals surface area contributed by atoms with Gasteiger partial charge >= 0.3 is 0 Å². The summed E-state index contributed by atoms with van der Waals surface area (Å²) in [7, 11) is 1.41. The van der Waals surface area contributed by atoms with E-state index in [-0.39, 0.29) is 11.7 Å². The molecule has 0 spiro atoms. The van der Waals surface area contributed by atoms with Crippen LogP contribution in [0.4, 0.5) is 9.52 Å². The number of para-hydroxylation sites is 1. The van der Waals surface area contributed by atoms with Crippen LogP contribution in [0.15, 0.2) is 54.0 Å². The van der Waals surface area contributed by atoms with Crippen LogP contribution in [0.5, 0.6) is 5.75 Å². The highest BCUT2D eigenvalue weighted by molar-refractivity contribution is 7.14. The van der Waals surface area contributed by atoms with Crippen molar-refractivity contribution >= 4 is 22.4 Å². The number of carbonyl (C=O) groups is 1. The van der Waals surface area contributed by atoms with Crippen molar-refractivity contribution in [2.24, 2.45) is 0 Å². The van der Waals surface area contributed by atoms with E-state index in [2.05, 4.69) is 15.4 Å². The zero-order valence-corrected chi connectivity index (χ0v) is 17.5. The number of nitrogens with zero attached hydrogens (tertiary/aromatic N) is 3. The van der Waals surface area contributed by atoms with E-state index >= 15 is 0 Å². The van der Waals surface area contributed by atoms with Crippen LogP contribution in [0.3, 0.4) is 0 Å². The molecule has 0 aliphatic heterocycles. The summed E-state index contributed by atoms with van der Waals surface area (Å²) in [5.74, 6) is -0.592. The van der Waals surface area contributed by atoms with E-state index < -0.39 is 5.82 Å². The van der Waals surface area contributed by atoms with Gasteiger partial charge in [-0.1, -0.05) is 18.2 Å². The van der Waals surface area contributed by atoms with Crippen molar-refractivity contribution in [1.29, 1.82) is 0 Å². The second-order valence-electron chi connectivity index (χ2n) is 6.68. The van der Waals surface area contributed by atoms with E-state index in [9.17, 15) is 9.18 Å². The van der Waals surface area contributed by atoms with E-state index in [4.69, 9.17) is 4.74 Å². The fourth-order valence-electron chi connectivity index (χ4n) is 3.13. The van der Waals surface area contributed by atoms with Crippen molar-refractivity contribution < 1.29 is 13.9 Å². The monoisotopic (exact) mass is 422 g/mol. The lowest BCUT2D eigenvalue weighted by Gasteiger charge is -2.08. The summed E-state index contributed by atoms with van der Waals surface area (Å²) in [5, 5.41) is 9.37. The summed E-state index contributed by atoms with van der Waals surface area (Å²) in [6.45, 7) is 3.84. The summed E-state index contributed by atoms with van der Waals surface area (Å²) in [4.78, 5) is 17.2. The predicted octanol–water partition coefficient (Wildman–Crippen LogP) is 5.01. The summed E-state index contributed by atoms with van der Waals surface area (Å²) in [5.41, 5.74) is 4.36. The van der Waals surface area contributed by atoms with Gasteiger partial charge in [-0.15, -0.1) is 11.3 Å². The molecule has 4 aromatic rings. The van der Waals surface area contributed by atoms with Crippen molar-refractivity contribution in [2.45, 2.75) is 13.8 Å². The molecule has 1 amide bonds. The molecule has 0 radical (unpaired) electrons. The highest BCUT2D eigenvalue weighted by Gasteiger charge is 2.18. The Morgan fingerprint density at radius 2 is 2.00 bits per heavy atom. The molecular formula is C22H19FN4O2S. The third-order valence-electron chi connectivity index (χ3n) is 4.77. The van der Waals surface area contributed by atoms with E-state index in [0.29, 0.717) is 22.0 Å². The number of aromatic nitrogens is 3. The van der Waals surface area contributed by atoms with E-state index in [0.717, 1.165) is 16.9 Å². The number of hydrogen-bond acceptors (Lipinski definition) is 5. The number of carbonyl (C=O) groups excluding carboxylic acids is 1. The molecule has 2 heterocycles. The van der Waals surface area contributed by atoms with Crippen LogP contribution in [0.2, 0.25) is 0 Å². The Balaban J connectivity index is 1.54. The van der Waals surface area contributed by atoms with Gasteiger partial charge < -0.3 is 4.74 Å². The first-order chi connectivity index (χ1) is 14.5. The molecule has 4 rings (SSSR count). The minimum absolute atomic E-state index is 0.170. The first-order valence-corrected chi connectivity index (χ1v) is 10.1. The first kappa shape index (κ1) is 19.8. The van der Waals surface area contributed by atoms with Crippen molar-refractivity contribution in [1.82, 2.24) is 14.8 Å². The normalized spacial score (nSPS) is 10.8. The molecule has 0 saturated carbocycles. The van der Waals surface area contributed by atoms with E-state index in [1.807, 2.05) is 38.1 Å². The van der Waals surface area contributed by atoms with E-state index in [1.165, 1.54) is 24.5 Å². The molecule has 6 nitrogen and oxygen atoms in total. The van der Waals surface area contributed by atoms with Gasteiger partial charge in [-0.3, -0.25) is 10.1 Å². The fraction of sp³-hybridized carbons (Fsp3) is 0.136. The van der Waals surface area contributed by atoms with Crippen molar-refractivity contribution in [3.8, 4) is 22.7 Å². The van der Waals surface area contributed by atoms with Crippen LogP contribution in [-0.4, -0.2) is 27.8 Å². The second kappa shape index (κ2) is 8.08. The Kier molecular flexibility index (Phi) is 5.33. The van der Waals surface area contributed by atoms with Crippen LogP contribution in [0.1, 0.15) is 21.6 Å². The molecule has 0 atom stereocenters. The Morgan fingerprint density at radius 1 is 1.20 bits per heavy atom. The average molecular weight is 422 g/mol. The number of thiazole rings is 1. The van der Waals surface area contributed by atoms with Crippen LogP contribution in [0, 0.1) is 19.7 Å². The van der Waals surface area contributed by atoms with Gasteiger partial charge in [0.15, 0.2) is 16.7 Å². The quantitative estimate of drug-likeness (QED) is 0.491. The molecule has 8 heteroatoms. The SMILES string of the molecule is COc1ccc(-c2csc(NC(=O)c3cnn(-c4ccccc4C)c3C)n2)cc1F. The summed E-state index contributed by atoms with van der Waals surface area (Å²) >= 11 is 1.27. The Bertz CT molecular complexity index is 1230. The molecule has 0 aliphatic carbocycles. The van der Waals surface area contributed by atoms with Gasteiger partial charge in [0, 0.05) is 10.9 Å². The first-order valence-electron chi connectivity index (χ1n) is 9.19. The van der Waals surface area contributed by atoms with Crippen LogP contribution >= 0.6 is 11.3 Å². The summed E-state index contributed by atoms with van der Waals surface area (Å²) in [6.07, 6.45) is 1.55. The highest BCUT2D eigenvalue weighted by atomic mass is 32.1. The number of anilines is 1. The fourth-order valence-corrected chi connectivity index (χ4v) is 3.85. The van der Waals surface area contributed by atoms with Crippen molar-refractivity contribution in [2.75, 3.05) is 12.4 Å². The molecular weight excluding hydrogens is 403 g/mol. The van der Waals surface area contributed by atoms with Crippen LogP contribution in [-0.2, 0) is 0 Å². The Morgan fingerprint density at radius 3 is 2.73 bits per heavy atom. The number of rotatable bonds is 5. The summed E-state index contributed by atoms with van der Waals surface area (Å²) in [6, 6.07) is 12.5. The van der Waals surface area contributed by atoms with Gasteiger partial charge in [0.2, 0.25) is 0 Å². The Labute approximate surface area is 177 Å². The van der Waals surface area contributed by atoms with Gasteiger partial charge in [-0.2, -0.15) is 5.10 Å². The smallest absolute Gasteiger partial charge is 0.260 e. The largest absolute Gasteiger partial charge is 0.494 e. The second-order valence-corrected chi connectivity index (χ2v) is 7.54. The molecule has 0 saturated heterocycles. The number of methoxy groups -OCH3 is 1.